The highest BCUT2D eigenvalue weighted by atomic mass is 35.5. The van der Waals surface area contributed by atoms with E-state index in [2.05, 4.69) is 17.1 Å². The molecule has 0 saturated carbocycles. The van der Waals surface area contributed by atoms with Crippen molar-refractivity contribution >= 4 is 52.0 Å². The topological polar surface area (TPSA) is 52.6 Å². The van der Waals surface area contributed by atoms with Gasteiger partial charge >= 0.3 is 0 Å². The van der Waals surface area contributed by atoms with E-state index < -0.39 is 0 Å². The quantitative estimate of drug-likeness (QED) is 0.492. The number of hydrogen-bond donors (Lipinski definition) is 1. The summed E-state index contributed by atoms with van der Waals surface area (Å²) in [7, 11) is 0. The first-order valence-corrected chi connectivity index (χ1v) is 12.0. The summed E-state index contributed by atoms with van der Waals surface area (Å²) in [6, 6.07) is 16.6. The molecule has 2 aromatic carbocycles. The Morgan fingerprint density at radius 1 is 0.969 bits per heavy atom. The summed E-state index contributed by atoms with van der Waals surface area (Å²) in [5, 5.41) is 5.79. The first-order chi connectivity index (χ1) is 15.4. The van der Waals surface area contributed by atoms with Crippen molar-refractivity contribution in [3.63, 3.8) is 0 Å². The van der Waals surface area contributed by atoms with Crippen molar-refractivity contribution in [2.45, 2.75) is 13.0 Å². The predicted molar refractivity (Wildman–Crippen MR) is 131 cm³/mol. The zero-order chi connectivity index (χ0) is 22.7. The number of carbonyl (C=O) groups is 2. The number of thiophene rings is 1. The molecule has 1 N–H and O–H groups in total. The Kier molecular flexibility index (Phi) is 7.16. The van der Waals surface area contributed by atoms with E-state index in [1.54, 1.807) is 24.3 Å². The number of amides is 2. The fourth-order valence-electron chi connectivity index (χ4n) is 3.85. The van der Waals surface area contributed by atoms with Gasteiger partial charge in [-0.05, 0) is 48.2 Å². The van der Waals surface area contributed by atoms with Gasteiger partial charge in [0.1, 0.15) is 0 Å². The smallest absolute Gasteiger partial charge is 0.265 e. The van der Waals surface area contributed by atoms with E-state index in [4.69, 9.17) is 23.2 Å². The molecule has 3 aromatic rings. The van der Waals surface area contributed by atoms with Crippen LogP contribution < -0.4 is 5.32 Å². The van der Waals surface area contributed by atoms with Crippen LogP contribution in [0.1, 0.15) is 38.6 Å². The molecule has 1 unspecified atom stereocenters. The van der Waals surface area contributed by atoms with Gasteiger partial charge in [-0.3, -0.25) is 14.5 Å². The molecule has 1 aliphatic heterocycles. The standard InChI is InChI=1S/C24H23Cl2N3O2S/c1-16(18-5-2-3-6-19(18)25)28-10-12-29(13-11-28)24(31)17-8-9-20(26)21(15-17)27-23(30)22-7-4-14-32-22/h2-9,14-16H,10-13H2,1H3,(H,27,30). The van der Waals surface area contributed by atoms with E-state index in [9.17, 15) is 9.59 Å². The molecule has 8 heteroatoms. The lowest BCUT2D eigenvalue weighted by Gasteiger charge is -2.38. The molecule has 5 nitrogen and oxygen atoms in total. The highest BCUT2D eigenvalue weighted by molar-refractivity contribution is 7.12. The van der Waals surface area contributed by atoms with Crippen LogP contribution in [0.25, 0.3) is 0 Å². The minimum absolute atomic E-state index is 0.0710. The molecule has 1 fully saturated rings. The Labute approximate surface area is 201 Å². The van der Waals surface area contributed by atoms with Gasteiger partial charge in [-0.1, -0.05) is 47.5 Å². The minimum atomic E-state index is -0.242. The van der Waals surface area contributed by atoms with Crippen molar-refractivity contribution in [3.8, 4) is 0 Å². The van der Waals surface area contributed by atoms with Crippen LogP contribution >= 0.6 is 34.5 Å². The lowest BCUT2D eigenvalue weighted by atomic mass is 10.1. The van der Waals surface area contributed by atoms with Crippen LogP contribution in [0.3, 0.4) is 0 Å². The lowest BCUT2D eigenvalue weighted by molar-refractivity contribution is 0.0582. The van der Waals surface area contributed by atoms with Gasteiger partial charge in [0.2, 0.25) is 0 Å². The summed E-state index contributed by atoms with van der Waals surface area (Å²) in [5.41, 5.74) is 2.03. The van der Waals surface area contributed by atoms with Gasteiger partial charge < -0.3 is 10.2 Å². The fraction of sp³-hybridized carbons (Fsp3) is 0.250. The first kappa shape index (κ1) is 22.8. The number of carbonyl (C=O) groups excluding carboxylic acids is 2. The van der Waals surface area contributed by atoms with Crippen molar-refractivity contribution in [2.75, 3.05) is 31.5 Å². The first-order valence-electron chi connectivity index (χ1n) is 10.4. The van der Waals surface area contributed by atoms with Crippen molar-refractivity contribution in [3.05, 3.63) is 86.0 Å². The molecule has 1 atom stereocenters. The minimum Gasteiger partial charge on any atom is -0.336 e. The Morgan fingerprint density at radius 2 is 1.72 bits per heavy atom. The lowest BCUT2D eigenvalue weighted by Crippen LogP contribution is -2.49. The average molecular weight is 488 g/mol. The number of hydrogen-bond acceptors (Lipinski definition) is 4. The largest absolute Gasteiger partial charge is 0.336 e. The highest BCUT2D eigenvalue weighted by Gasteiger charge is 2.26. The maximum atomic E-state index is 13.1. The molecule has 0 radical (unpaired) electrons. The molecule has 0 spiro atoms. The van der Waals surface area contributed by atoms with Crippen LogP contribution in [0.5, 0.6) is 0 Å². The molecule has 166 valence electrons. The molecule has 1 saturated heterocycles. The number of halogens is 2. The molecule has 2 amide bonds. The van der Waals surface area contributed by atoms with Gasteiger partial charge in [-0.25, -0.2) is 0 Å². The number of nitrogens with one attached hydrogen (secondary N) is 1. The SMILES string of the molecule is CC(c1ccccc1Cl)N1CCN(C(=O)c2ccc(Cl)c(NC(=O)c3cccs3)c2)CC1. The summed E-state index contributed by atoms with van der Waals surface area (Å²) in [6.45, 7) is 4.89. The Balaban J connectivity index is 1.41. The second kappa shape index (κ2) is 10.0. The number of benzene rings is 2. The number of piperazine rings is 1. The van der Waals surface area contributed by atoms with Gasteiger partial charge in [0.05, 0.1) is 15.6 Å². The third-order valence-corrected chi connectivity index (χ3v) is 7.25. The highest BCUT2D eigenvalue weighted by Crippen LogP contribution is 2.29. The van der Waals surface area contributed by atoms with Crippen LogP contribution in [0.4, 0.5) is 5.69 Å². The second-order valence-electron chi connectivity index (χ2n) is 7.65. The normalized spacial score (nSPS) is 15.4. The molecule has 1 aliphatic rings. The van der Waals surface area contributed by atoms with Gasteiger partial charge in [0.15, 0.2) is 0 Å². The summed E-state index contributed by atoms with van der Waals surface area (Å²) in [4.78, 5) is 30.2. The van der Waals surface area contributed by atoms with E-state index in [1.807, 2.05) is 40.6 Å². The zero-order valence-corrected chi connectivity index (χ0v) is 19.9. The molecule has 2 heterocycles. The van der Waals surface area contributed by atoms with Crippen LogP contribution in [0, 0.1) is 0 Å². The van der Waals surface area contributed by atoms with E-state index in [0.717, 1.165) is 23.7 Å². The third-order valence-electron chi connectivity index (χ3n) is 5.71. The van der Waals surface area contributed by atoms with Crippen molar-refractivity contribution in [1.29, 1.82) is 0 Å². The Morgan fingerprint density at radius 3 is 2.41 bits per heavy atom. The molecule has 0 bridgehead atoms. The monoisotopic (exact) mass is 487 g/mol. The summed E-state index contributed by atoms with van der Waals surface area (Å²) >= 11 is 14.0. The third kappa shape index (κ3) is 4.99. The Bertz CT molecular complexity index is 1110. The van der Waals surface area contributed by atoms with Crippen molar-refractivity contribution < 1.29 is 9.59 Å². The fourth-order valence-corrected chi connectivity index (χ4v) is 4.93. The molecular weight excluding hydrogens is 465 g/mol. The second-order valence-corrected chi connectivity index (χ2v) is 9.41. The average Bonchev–Trinajstić information content (AvgIpc) is 3.35. The van der Waals surface area contributed by atoms with E-state index in [0.29, 0.717) is 34.2 Å². The molecule has 4 rings (SSSR count). The predicted octanol–water partition coefficient (Wildman–Crippen LogP) is 5.83. The van der Waals surface area contributed by atoms with Gasteiger partial charge in [0.25, 0.3) is 11.8 Å². The molecule has 1 aromatic heterocycles. The molecular formula is C24H23Cl2N3O2S. The van der Waals surface area contributed by atoms with Crippen LogP contribution in [0.2, 0.25) is 10.0 Å². The van der Waals surface area contributed by atoms with Gasteiger partial charge in [-0.2, -0.15) is 0 Å². The van der Waals surface area contributed by atoms with E-state index >= 15 is 0 Å². The summed E-state index contributed by atoms with van der Waals surface area (Å²) in [6.07, 6.45) is 0. The van der Waals surface area contributed by atoms with E-state index in [-0.39, 0.29) is 17.9 Å². The Hall–Kier alpha value is -2.38. The van der Waals surface area contributed by atoms with Gasteiger partial charge in [0, 0.05) is 42.8 Å². The number of nitrogens with zero attached hydrogens (tertiary/aromatic N) is 2. The maximum Gasteiger partial charge on any atom is 0.265 e. The summed E-state index contributed by atoms with van der Waals surface area (Å²) in [5.74, 6) is -0.313. The van der Waals surface area contributed by atoms with Crippen LogP contribution in [0.15, 0.2) is 60.0 Å². The maximum absolute atomic E-state index is 13.1. The number of anilines is 1. The van der Waals surface area contributed by atoms with Crippen LogP contribution in [-0.4, -0.2) is 47.8 Å². The van der Waals surface area contributed by atoms with Crippen molar-refractivity contribution in [1.82, 2.24) is 9.80 Å². The molecule has 0 aliphatic carbocycles. The van der Waals surface area contributed by atoms with Gasteiger partial charge in [-0.15, -0.1) is 11.3 Å². The van der Waals surface area contributed by atoms with Crippen LogP contribution in [-0.2, 0) is 0 Å². The van der Waals surface area contributed by atoms with Crippen molar-refractivity contribution in [2.24, 2.45) is 0 Å². The zero-order valence-electron chi connectivity index (χ0n) is 17.6. The number of rotatable bonds is 5. The molecule has 32 heavy (non-hydrogen) atoms. The van der Waals surface area contributed by atoms with E-state index in [1.165, 1.54) is 11.3 Å². The summed E-state index contributed by atoms with van der Waals surface area (Å²) < 4.78 is 0.